The van der Waals surface area contributed by atoms with E-state index < -0.39 is 5.79 Å². The molecule has 1 atom stereocenters. The number of ether oxygens (including phenoxy) is 2. The summed E-state index contributed by atoms with van der Waals surface area (Å²) in [5.41, 5.74) is 1.11. The highest BCUT2D eigenvalue weighted by molar-refractivity contribution is 5.13. The average molecular weight is 254 g/mol. The molecule has 102 valence electrons. The highest BCUT2D eigenvalue weighted by Crippen LogP contribution is 2.16. The van der Waals surface area contributed by atoms with Crippen molar-refractivity contribution in [2.24, 2.45) is 0 Å². The monoisotopic (exact) mass is 254 g/mol. The van der Waals surface area contributed by atoms with Crippen LogP contribution in [0.2, 0.25) is 0 Å². The third-order valence-corrected chi connectivity index (χ3v) is 2.76. The Bertz CT molecular complexity index is 315. The zero-order valence-corrected chi connectivity index (χ0v) is 10.8. The maximum absolute atomic E-state index is 9.90. The van der Waals surface area contributed by atoms with Crippen LogP contribution < -0.4 is 0 Å². The Balaban J connectivity index is 2.15. The van der Waals surface area contributed by atoms with Crippen LogP contribution >= 0.6 is 0 Å². The maximum Gasteiger partial charge on any atom is 0.167 e. The molecule has 1 aromatic carbocycles. The van der Waals surface area contributed by atoms with Gasteiger partial charge in [-0.05, 0) is 12.0 Å². The van der Waals surface area contributed by atoms with Crippen LogP contribution in [0.4, 0.5) is 0 Å². The van der Waals surface area contributed by atoms with Crippen LogP contribution in [-0.4, -0.2) is 35.8 Å². The lowest BCUT2D eigenvalue weighted by atomic mass is 10.1. The van der Waals surface area contributed by atoms with Gasteiger partial charge in [-0.2, -0.15) is 0 Å². The van der Waals surface area contributed by atoms with Crippen molar-refractivity contribution in [1.29, 1.82) is 0 Å². The highest BCUT2D eigenvalue weighted by atomic mass is 16.6. The minimum Gasteiger partial charge on any atom is -0.396 e. The zero-order chi connectivity index (χ0) is 13.3. The van der Waals surface area contributed by atoms with Crippen molar-refractivity contribution >= 4 is 0 Å². The van der Waals surface area contributed by atoms with Gasteiger partial charge in [0.15, 0.2) is 5.79 Å². The standard InChI is InChI=1S/C14H22O4/c1-2-14(16,8-9-15)18-11-10-17-12-13-6-4-3-5-7-13/h3-7,15-16H,2,8-12H2,1H3. The van der Waals surface area contributed by atoms with Crippen molar-refractivity contribution in [3.05, 3.63) is 35.9 Å². The maximum atomic E-state index is 9.90. The van der Waals surface area contributed by atoms with Gasteiger partial charge in [-0.25, -0.2) is 0 Å². The second kappa shape index (κ2) is 8.21. The lowest BCUT2D eigenvalue weighted by Crippen LogP contribution is -2.34. The molecule has 4 nitrogen and oxygen atoms in total. The summed E-state index contributed by atoms with van der Waals surface area (Å²) in [5.74, 6) is -1.23. The van der Waals surface area contributed by atoms with E-state index in [1.54, 1.807) is 0 Å². The van der Waals surface area contributed by atoms with Crippen LogP contribution in [0.5, 0.6) is 0 Å². The SMILES string of the molecule is CCC(O)(CCO)OCCOCc1ccccc1. The molecular formula is C14H22O4. The predicted molar refractivity (Wildman–Crippen MR) is 69.0 cm³/mol. The van der Waals surface area contributed by atoms with Crippen LogP contribution in [0.3, 0.4) is 0 Å². The molecule has 0 amide bonds. The molecule has 1 unspecified atom stereocenters. The van der Waals surface area contributed by atoms with E-state index in [9.17, 15) is 5.11 Å². The number of aliphatic hydroxyl groups is 2. The van der Waals surface area contributed by atoms with Gasteiger partial charge < -0.3 is 19.7 Å². The molecule has 0 aliphatic carbocycles. The van der Waals surface area contributed by atoms with Gasteiger partial charge in [0.25, 0.3) is 0 Å². The summed E-state index contributed by atoms with van der Waals surface area (Å²) < 4.78 is 10.8. The third-order valence-electron chi connectivity index (χ3n) is 2.76. The van der Waals surface area contributed by atoms with E-state index in [-0.39, 0.29) is 13.0 Å². The van der Waals surface area contributed by atoms with E-state index in [0.717, 1.165) is 5.56 Å². The Kier molecular flexibility index (Phi) is 6.90. The summed E-state index contributed by atoms with van der Waals surface area (Å²) >= 11 is 0. The molecular weight excluding hydrogens is 232 g/mol. The molecule has 0 fully saturated rings. The third kappa shape index (κ3) is 5.60. The smallest absolute Gasteiger partial charge is 0.167 e. The zero-order valence-electron chi connectivity index (χ0n) is 10.8. The molecule has 1 aromatic rings. The van der Waals surface area contributed by atoms with Crippen molar-refractivity contribution < 1.29 is 19.7 Å². The Morgan fingerprint density at radius 1 is 1.17 bits per heavy atom. The predicted octanol–water partition coefficient (Wildman–Crippen LogP) is 1.70. The Hall–Kier alpha value is -0.940. The number of rotatable bonds is 9. The molecule has 1 rings (SSSR count). The van der Waals surface area contributed by atoms with E-state index in [2.05, 4.69) is 0 Å². The first kappa shape index (κ1) is 15.1. The number of benzene rings is 1. The topological polar surface area (TPSA) is 58.9 Å². The van der Waals surface area contributed by atoms with E-state index in [4.69, 9.17) is 14.6 Å². The molecule has 0 radical (unpaired) electrons. The Labute approximate surface area is 108 Å². The summed E-state index contributed by atoms with van der Waals surface area (Å²) in [6.45, 7) is 3.00. The quantitative estimate of drug-likeness (QED) is 0.520. The van der Waals surface area contributed by atoms with Crippen LogP contribution in [0.15, 0.2) is 30.3 Å². The van der Waals surface area contributed by atoms with Gasteiger partial charge in [0.1, 0.15) is 0 Å². The molecule has 4 heteroatoms. The van der Waals surface area contributed by atoms with Crippen molar-refractivity contribution in [2.75, 3.05) is 19.8 Å². The second-order valence-electron chi connectivity index (χ2n) is 4.16. The molecule has 0 aliphatic heterocycles. The Morgan fingerprint density at radius 3 is 2.50 bits per heavy atom. The largest absolute Gasteiger partial charge is 0.396 e. The number of hydrogen-bond donors (Lipinski definition) is 2. The first-order valence-corrected chi connectivity index (χ1v) is 6.29. The minimum atomic E-state index is -1.23. The summed E-state index contributed by atoms with van der Waals surface area (Å²) in [6, 6.07) is 9.88. The summed E-state index contributed by atoms with van der Waals surface area (Å²) in [7, 11) is 0. The second-order valence-corrected chi connectivity index (χ2v) is 4.16. The molecule has 0 aromatic heterocycles. The number of hydrogen-bond acceptors (Lipinski definition) is 4. The van der Waals surface area contributed by atoms with E-state index in [1.807, 2.05) is 37.3 Å². The molecule has 18 heavy (non-hydrogen) atoms. The van der Waals surface area contributed by atoms with Gasteiger partial charge in [-0.15, -0.1) is 0 Å². The van der Waals surface area contributed by atoms with Crippen molar-refractivity contribution in [1.82, 2.24) is 0 Å². The van der Waals surface area contributed by atoms with Crippen molar-refractivity contribution in [2.45, 2.75) is 32.2 Å². The summed E-state index contributed by atoms with van der Waals surface area (Å²) in [5, 5.41) is 18.7. The molecule has 0 spiro atoms. The van der Waals surface area contributed by atoms with E-state index in [0.29, 0.717) is 26.2 Å². The summed E-state index contributed by atoms with van der Waals surface area (Å²) in [6.07, 6.45) is 0.675. The normalized spacial score (nSPS) is 14.4. The average Bonchev–Trinajstić information content (AvgIpc) is 2.40. The lowest BCUT2D eigenvalue weighted by Gasteiger charge is -2.26. The van der Waals surface area contributed by atoms with E-state index >= 15 is 0 Å². The van der Waals surface area contributed by atoms with Crippen LogP contribution in [0, 0.1) is 0 Å². The van der Waals surface area contributed by atoms with Gasteiger partial charge in [-0.1, -0.05) is 37.3 Å². The molecule has 0 heterocycles. The fourth-order valence-electron chi connectivity index (χ4n) is 1.58. The van der Waals surface area contributed by atoms with Crippen LogP contribution in [0.1, 0.15) is 25.3 Å². The molecule has 2 N–H and O–H groups in total. The lowest BCUT2D eigenvalue weighted by molar-refractivity contribution is -0.218. The van der Waals surface area contributed by atoms with E-state index in [1.165, 1.54) is 0 Å². The van der Waals surface area contributed by atoms with Crippen LogP contribution in [0.25, 0.3) is 0 Å². The summed E-state index contributed by atoms with van der Waals surface area (Å²) in [4.78, 5) is 0. The van der Waals surface area contributed by atoms with Gasteiger partial charge in [0, 0.05) is 13.0 Å². The van der Waals surface area contributed by atoms with Gasteiger partial charge in [0.2, 0.25) is 0 Å². The van der Waals surface area contributed by atoms with Crippen molar-refractivity contribution in [3.8, 4) is 0 Å². The first-order chi connectivity index (χ1) is 8.70. The molecule has 0 saturated heterocycles. The van der Waals surface area contributed by atoms with Gasteiger partial charge >= 0.3 is 0 Å². The molecule has 0 aliphatic rings. The molecule has 0 bridgehead atoms. The Morgan fingerprint density at radius 2 is 1.89 bits per heavy atom. The minimum absolute atomic E-state index is 0.0881. The fraction of sp³-hybridized carbons (Fsp3) is 0.571. The first-order valence-electron chi connectivity index (χ1n) is 6.29. The van der Waals surface area contributed by atoms with Gasteiger partial charge in [-0.3, -0.25) is 0 Å². The highest BCUT2D eigenvalue weighted by Gasteiger charge is 2.24. The fourth-order valence-corrected chi connectivity index (χ4v) is 1.58. The molecule has 0 saturated carbocycles. The van der Waals surface area contributed by atoms with Crippen LogP contribution in [-0.2, 0) is 16.1 Å². The number of aliphatic hydroxyl groups excluding tert-OH is 1. The van der Waals surface area contributed by atoms with Crippen molar-refractivity contribution in [3.63, 3.8) is 0 Å². The van der Waals surface area contributed by atoms with Gasteiger partial charge in [0.05, 0.1) is 19.8 Å².